The lowest BCUT2D eigenvalue weighted by Crippen LogP contribution is -2.63. The number of nitrogens with one attached hydrogen (secondary N) is 2. The van der Waals surface area contributed by atoms with Crippen LogP contribution in [0.15, 0.2) is 24.3 Å². The molecule has 0 saturated carbocycles. The van der Waals surface area contributed by atoms with Crippen LogP contribution in [0.25, 0.3) is 0 Å². The maximum atomic E-state index is 13.1. The fourth-order valence-electron chi connectivity index (χ4n) is 3.07. The van der Waals surface area contributed by atoms with E-state index in [2.05, 4.69) is 10.6 Å². The van der Waals surface area contributed by atoms with Gasteiger partial charge in [0.15, 0.2) is 0 Å². The number of methoxy groups -OCH3 is 1. The number of benzene rings is 1. The van der Waals surface area contributed by atoms with Crippen molar-refractivity contribution in [2.24, 2.45) is 0 Å². The summed E-state index contributed by atoms with van der Waals surface area (Å²) in [5.41, 5.74) is -0.624. The van der Waals surface area contributed by atoms with E-state index in [0.29, 0.717) is 25.0 Å². The number of esters is 1. The van der Waals surface area contributed by atoms with E-state index in [4.69, 9.17) is 14.2 Å². The minimum absolute atomic E-state index is 0.0755. The Balaban J connectivity index is 2.10. The molecule has 1 aliphatic rings. The van der Waals surface area contributed by atoms with Gasteiger partial charge >= 0.3 is 12.1 Å². The summed E-state index contributed by atoms with van der Waals surface area (Å²) < 4.78 is 15.5. The van der Waals surface area contributed by atoms with Crippen molar-refractivity contribution < 1.29 is 28.6 Å². The first-order valence-electron chi connectivity index (χ1n) is 9.64. The van der Waals surface area contributed by atoms with Gasteiger partial charge in [-0.3, -0.25) is 4.79 Å². The second kappa shape index (κ2) is 9.26. The predicted octanol–water partition coefficient (Wildman–Crippen LogP) is 2.72. The minimum atomic E-state index is -1.19. The molecule has 8 heteroatoms. The number of alkyl carbamates (subject to hydrolysis) is 1. The highest BCUT2D eigenvalue weighted by molar-refractivity contribution is 5.91. The third-order valence-corrected chi connectivity index (χ3v) is 4.59. The van der Waals surface area contributed by atoms with Gasteiger partial charge < -0.3 is 24.8 Å². The Hall–Kier alpha value is -2.61. The summed E-state index contributed by atoms with van der Waals surface area (Å²) in [4.78, 5) is 37.0. The van der Waals surface area contributed by atoms with Crippen LogP contribution in [-0.4, -0.2) is 49.4 Å². The maximum Gasteiger partial charge on any atom is 0.408 e. The molecule has 0 radical (unpaired) electrons. The summed E-state index contributed by atoms with van der Waals surface area (Å²) >= 11 is 0. The Bertz CT molecular complexity index is 733. The lowest BCUT2D eigenvalue weighted by atomic mass is 9.90. The highest BCUT2D eigenvalue weighted by atomic mass is 16.6. The van der Waals surface area contributed by atoms with Crippen LogP contribution in [0.4, 0.5) is 4.79 Å². The first kappa shape index (κ1) is 22.7. The van der Waals surface area contributed by atoms with Crippen molar-refractivity contribution in [2.75, 3.05) is 20.3 Å². The smallest absolute Gasteiger partial charge is 0.408 e. The van der Waals surface area contributed by atoms with Gasteiger partial charge in [-0.2, -0.15) is 0 Å². The van der Waals surface area contributed by atoms with Gasteiger partial charge in [-0.1, -0.05) is 12.1 Å². The number of amides is 2. The topological polar surface area (TPSA) is 103 Å². The highest BCUT2D eigenvalue weighted by Crippen LogP contribution is 2.23. The fourth-order valence-corrected chi connectivity index (χ4v) is 3.07. The van der Waals surface area contributed by atoms with E-state index >= 15 is 0 Å². The van der Waals surface area contributed by atoms with Crippen molar-refractivity contribution >= 4 is 18.0 Å². The standard InChI is InChI=1S/C21H30N2O6/c1-14(15-7-9-16(10-8-15)17(24)27-5)22-18(25)21(11-6-12-28-13-21)23-19(26)29-20(2,3)4/h7-10,14H,6,11-13H2,1-5H3,(H,22,25)(H,23,26). The molecular weight excluding hydrogens is 376 g/mol. The Kier molecular flexibility index (Phi) is 7.24. The third-order valence-electron chi connectivity index (χ3n) is 4.59. The van der Waals surface area contributed by atoms with Gasteiger partial charge in [0.25, 0.3) is 0 Å². The Labute approximate surface area is 171 Å². The third kappa shape index (κ3) is 6.19. The van der Waals surface area contributed by atoms with Crippen LogP contribution in [0.3, 0.4) is 0 Å². The van der Waals surface area contributed by atoms with Crippen LogP contribution < -0.4 is 10.6 Å². The molecule has 1 aromatic rings. The van der Waals surface area contributed by atoms with Crippen molar-refractivity contribution in [3.63, 3.8) is 0 Å². The van der Waals surface area contributed by atoms with E-state index in [1.165, 1.54) is 7.11 Å². The average molecular weight is 406 g/mol. The Morgan fingerprint density at radius 1 is 1.17 bits per heavy atom. The predicted molar refractivity (Wildman–Crippen MR) is 106 cm³/mol. The quantitative estimate of drug-likeness (QED) is 0.729. The van der Waals surface area contributed by atoms with Crippen LogP contribution in [0.5, 0.6) is 0 Å². The number of carbonyl (C=O) groups is 3. The van der Waals surface area contributed by atoms with Gasteiger partial charge in [0.05, 0.1) is 25.3 Å². The van der Waals surface area contributed by atoms with Crippen molar-refractivity contribution in [3.05, 3.63) is 35.4 Å². The molecule has 8 nitrogen and oxygen atoms in total. The number of rotatable bonds is 5. The number of ether oxygens (including phenoxy) is 3. The largest absolute Gasteiger partial charge is 0.465 e. The molecule has 1 heterocycles. The molecule has 2 N–H and O–H groups in total. The molecule has 2 amide bonds. The molecule has 2 atom stereocenters. The van der Waals surface area contributed by atoms with Crippen LogP contribution in [-0.2, 0) is 19.0 Å². The number of carbonyl (C=O) groups excluding carboxylic acids is 3. The lowest BCUT2D eigenvalue weighted by molar-refractivity contribution is -0.134. The van der Waals surface area contributed by atoms with E-state index in [9.17, 15) is 14.4 Å². The monoisotopic (exact) mass is 406 g/mol. The normalized spacial score (nSPS) is 20.3. The van der Waals surface area contributed by atoms with Gasteiger partial charge in [-0.15, -0.1) is 0 Å². The van der Waals surface area contributed by atoms with Crippen molar-refractivity contribution in [2.45, 2.75) is 57.7 Å². The first-order chi connectivity index (χ1) is 13.6. The Morgan fingerprint density at radius 2 is 1.83 bits per heavy atom. The lowest BCUT2D eigenvalue weighted by Gasteiger charge is -2.37. The summed E-state index contributed by atoms with van der Waals surface area (Å²) in [6.07, 6.45) is 0.436. The minimum Gasteiger partial charge on any atom is -0.465 e. The summed E-state index contributed by atoms with van der Waals surface area (Å²) in [6, 6.07) is 6.45. The van der Waals surface area contributed by atoms with Crippen LogP contribution in [0, 0.1) is 0 Å². The van der Waals surface area contributed by atoms with E-state index in [1.807, 2.05) is 6.92 Å². The fraction of sp³-hybridized carbons (Fsp3) is 0.571. The summed E-state index contributed by atoms with van der Waals surface area (Å²) in [7, 11) is 1.32. The van der Waals surface area contributed by atoms with E-state index in [-0.39, 0.29) is 18.6 Å². The average Bonchev–Trinajstić information content (AvgIpc) is 2.66. The second-order valence-corrected chi connectivity index (χ2v) is 8.17. The molecule has 2 unspecified atom stereocenters. The highest BCUT2D eigenvalue weighted by Gasteiger charge is 2.43. The molecular formula is C21H30N2O6. The first-order valence-corrected chi connectivity index (χ1v) is 9.64. The van der Waals surface area contributed by atoms with Crippen LogP contribution in [0.1, 0.15) is 62.5 Å². The molecule has 0 aliphatic carbocycles. The zero-order valence-corrected chi connectivity index (χ0v) is 17.7. The zero-order chi connectivity index (χ0) is 21.7. The van der Waals surface area contributed by atoms with Gasteiger partial charge in [0, 0.05) is 6.61 Å². The van der Waals surface area contributed by atoms with Gasteiger partial charge in [-0.05, 0) is 58.2 Å². The van der Waals surface area contributed by atoms with Crippen LogP contribution in [0.2, 0.25) is 0 Å². The maximum absolute atomic E-state index is 13.1. The summed E-state index contributed by atoms with van der Waals surface area (Å²) in [6.45, 7) is 7.72. The van der Waals surface area contributed by atoms with Crippen molar-refractivity contribution in [1.29, 1.82) is 0 Å². The summed E-state index contributed by atoms with van der Waals surface area (Å²) in [5.74, 6) is -0.763. The van der Waals surface area contributed by atoms with E-state index < -0.39 is 23.2 Å². The van der Waals surface area contributed by atoms with Crippen LogP contribution >= 0.6 is 0 Å². The van der Waals surface area contributed by atoms with Gasteiger partial charge in [0.2, 0.25) is 5.91 Å². The van der Waals surface area contributed by atoms with Gasteiger partial charge in [0.1, 0.15) is 11.1 Å². The molecule has 0 aromatic heterocycles. The molecule has 1 fully saturated rings. The molecule has 1 saturated heterocycles. The number of hydrogen-bond donors (Lipinski definition) is 2. The molecule has 160 valence electrons. The van der Waals surface area contributed by atoms with E-state index in [0.717, 1.165) is 5.56 Å². The molecule has 2 rings (SSSR count). The Morgan fingerprint density at radius 3 is 2.34 bits per heavy atom. The zero-order valence-electron chi connectivity index (χ0n) is 17.7. The summed E-state index contributed by atoms with van der Waals surface area (Å²) in [5, 5.41) is 5.65. The van der Waals surface area contributed by atoms with E-state index in [1.54, 1.807) is 45.0 Å². The second-order valence-electron chi connectivity index (χ2n) is 8.17. The SMILES string of the molecule is COC(=O)c1ccc(C(C)NC(=O)C2(NC(=O)OC(C)(C)C)CCCOC2)cc1. The van der Waals surface area contributed by atoms with Crippen molar-refractivity contribution in [1.82, 2.24) is 10.6 Å². The van der Waals surface area contributed by atoms with Crippen molar-refractivity contribution in [3.8, 4) is 0 Å². The number of hydrogen-bond acceptors (Lipinski definition) is 6. The van der Waals surface area contributed by atoms with Gasteiger partial charge in [-0.25, -0.2) is 9.59 Å². The molecule has 0 spiro atoms. The molecule has 1 aliphatic heterocycles. The molecule has 29 heavy (non-hydrogen) atoms. The molecule has 1 aromatic carbocycles. The molecule has 0 bridgehead atoms.